The minimum Gasteiger partial charge on any atom is -0.349 e. The van der Waals surface area contributed by atoms with Crippen LogP contribution in [0.2, 0.25) is 0 Å². The number of nitro groups is 1. The van der Waals surface area contributed by atoms with Crippen LogP contribution in [0.1, 0.15) is 5.56 Å². The van der Waals surface area contributed by atoms with Crippen LogP contribution in [0.3, 0.4) is 0 Å². The van der Waals surface area contributed by atoms with E-state index in [1.54, 1.807) is 12.1 Å². The van der Waals surface area contributed by atoms with E-state index in [4.69, 9.17) is 0 Å². The van der Waals surface area contributed by atoms with Crippen LogP contribution in [-0.2, 0) is 6.54 Å². The van der Waals surface area contributed by atoms with Gasteiger partial charge >= 0.3 is 0 Å². The van der Waals surface area contributed by atoms with Crippen molar-refractivity contribution in [2.75, 3.05) is 19.6 Å². The van der Waals surface area contributed by atoms with E-state index in [0.29, 0.717) is 25.5 Å². The first-order valence-corrected chi connectivity index (χ1v) is 5.29. The maximum Gasteiger partial charge on any atom is 0.260 e. The van der Waals surface area contributed by atoms with Crippen LogP contribution in [0.25, 0.3) is 0 Å². The zero-order chi connectivity index (χ0) is 12.3. The monoisotopic (exact) mass is 237 g/mol. The Balaban J connectivity index is 2.01. The Bertz CT molecular complexity index is 445. The van der Waals surface area contributed by atoms with Crippen molar-refractivity contribution in [1.29, 1.82) is 0 Å². The Morgan fingerprint density at radius 3 is 2.76 bits per heavy atom. The van der Waals surface area contributed by atoms with Crippen LogP contribution in [-0.4, -0.2) is 35.3 Å². The van der Waals surface area contributed by atoms with Gasteiger partial charge in [-0.2, -0.15) is 0 Å². The highest BCUT2D eigenvalue weighted by atomic mass is 19.1. The Hall–Kier alpha value is -1.98. The average molecular weight is 237 g/mol. The molecule has 0 unspecified atom stereocenters. The largest absolute Gasteiger partial charge is 0.349 e. The van der Waals surface area contributed by atoms with Crippen molar-refractivity contribution in [2.24, 2.45) is 4.99 Å². The summed E-state index contributed by atoms with van der Waals surface area (Å²) in [6.07, 6.45) is 0. The number of nitrogens with zero attached hydrogens (tertiary/aromatic N) is 3. The molecule has 6 heteroatoms. The molecule has 0 bridgehead atoms. The topological polar surface area (TPSA) is 58.7 Å². The summed E-state index contributed by atoms with van der Waals surface area (Å²) in [7, 11) is 0. The minimum atomic E-state index is -0.387. The number of amidine groups is 1. The first kappa shape index (κ1) is 11.5. The van der Waals surface area contributed by atoms with Crippen molar-refractivity contribution in [2.45, 2.75) is 6.54 Å². The van der Waals surface area contributed by atoms with Gasteiger partial charge in [0.25, 0.3) is 6.54 Å². The lowest BCUT2D eigenvalue weighted by atomic mass is 10.2. The molecule has 0 N–H and O–H groups in total. The second-order valence-electron chi connectivity index (χ2n) is 3.84. The number of hydrogen-bond donors (Lipinski definition) is 0. The van der Waals surface area contributed by atoms with Crippen LogP contribution in [0.15, 0.2) is 29.3 Å². The number of aliphatic imine (C=N–C) groups is 1. The highest BCUT2D eigenvalue weighted by Gasteiger charge is 2.21. The van der Waals surface area contributed by atoms with Gasteiger partial charge in [-0.05, 0) is 17.7 Å². The van der Waals surface area contributed by atoms with Gasteiger partial charge in [-0.1, -0.05) is 12.1 Å². The van der Waals surface area contributed by atoms with Gasteiger partial charge in [-0.3, -0.25) is 15.1 Å². The lowest BCUT2D eigenvalue weighted by Gasteiger charge is -2.18. The molecule has 0 atom stereocenters. The van der Waals surface area contributed by atoms with Crippen molar-refractivity contribution in [1.82, 2.24) is 4.90 Å². The van der Waals surface area contributed by atoms with E-state index in [1.807, 2.05) is 4.90 Å². The Morgan fingerprint density at radius 2 is 2.12 bits per heavy atom. The van der Waals surface area contributed by atoms with Crippen molar-refractivity contribution in [3.63, 3.8) is 0 Å². The van der Waals surface area contributed by atoms with Crippen molar-refractivity contribution in [3.8, 4) is 0 Å². The SMILES string of the molecule is O=[N+]([O-])CC1=NCCN1Cc1ccc(F)cc1. The highest BCUT2D eigenvalue weighted by Crippen LogP contribution is 2.10. The third-order valence-corrected chi connectivity index (χ3v) is 2.59. The molecule has 1 heterocycles. The van der Waals surface area contributed by atoms with Gasteiger partial charge in [0.2, 0.25) is 0 Å². The maximum absolute atomic E-state index is 12.7. The molecule has 0 radical (unpaired) electrons. The van der Waals surface area contributed by atoms with Crippen molar-refractivity contribution >= 4 is 5.84 Å². The molecule has 17 heavy (non-hydrogen) atoms. The van der Waals surface area contributed by atoms with E-state index >= 15 is 0 Å². The third-order valence-electron chi connectivity index (χ3n) is 2.59. The minimum absolute atomic E-state index is 0.249. The summed E-state index contributed by atoms with van der Waals surface area (Å²) >= 11 is 0. The molecule has 90 valence electrons. The molecular formula is C11H12FN3O2. The van der Waals surface area contributed by atoms with Crippen molar-refractivity contribution < 1.29 is 9.31 Å². The van der Waals surface area contributed by atoms with Gasteiger partial charge in [-0.25, -0.2) is 4.39 Å². The van der Waals surface area contributed by atoms with Gasteiger partial charge in [0, 0.05) is 18.0 Å². The fourth-order valence-corrected chi connectivity index (χ4v) is 1.77. The summed E-state index contributed by atoms with van der Waals surface area (Å²) in [5, 5.41) is 10.4. The number of halogens is 1. The first-order chi connectivity index (χ1) is 8.15. The van der Waals surface area contributed by atoms with Crippen LogP contribution < -0.4 is 0 Å². The van der Waals surface area contributed by atoms with E-state index in [0.717, 1.165) is 5.56 Å². The van der Waals surface area contributed by atoms with Crippen LogP contribution >= 0.6 is 0 Å². The maximum atomic E-state index is 12.7. The van der Waals surface area contributed by atoms with E-state index < -0.39 is 0 Å². The van der Waals surface area contributed by atoms with E-state index in [-0.39, 0.29) is 17.3 Å². The summed E-state index contributed by atoms with van der Waals surface area (Å²) in [5.41, 5.74) is 0.921. The number of benzene rings is 1. The van der Waals surface area contributed by atoms with Crippen LogP contribution in [0.4, 0.5) is 4.39 Å². The van der Waals surface area contributed by atoms with Gasteiger partial charge < -0.3 is 4.90 Å². The first-order valence-electron chi connectivity index (χ1n) is 5.29. The van der Waals surface area contributed by atoms with Gasteiger partial charge in [0.1, 0.15) is 5.82 Å². The second-order valence-corrected chi connectivity index (χ2v) is 3.84. The Kier molecular flexibility index (Phi) is 3.32. The molecule has 2 rings (SSSR count). The van der Waals surface area contributed by atoms with Gasteiger partial charge in [-0.15, -0.1) is 0 Å². The molecule has 0 saturated heterocycles. The summed E-state index contributed by atoms with van der Waals surface area (Å²) < 4.78 is 12.7. The summed E-state index contributed by atoms with van der Waals surface area (Å²) in [4.78, 5) is 16.0. The zero-order valence-corrected chi connectivity index (χ0v) is 9.17. The van der Waals surface area contributed by atoms with E-state index in [2.05, 4.69) is 4.99 Å². The zero-order valence-electron chi connectivity index (χ0n) is 9.17. The Labute approximate surface area is 97.7 Å². The molecular weight excluding hydrogens is 225 g/mol. The Morgan fingerprint density at radius 1 is 1.41 bits per heavy atom. The highest BCUT2D eigenvalue weighted by molar-refractivity contribution is 5.84. The fourth-order valence-electron chi connectivity index (χ4n) is 1.77. The van der Waals surface area contributed by atoms with E-state index in [1.165, 1.54) is 12.1 Å². The standard InChI is InChI=1S/C11H12FN3O2/c12-10-3-1-9(2-4-10)7-14-6-5-13-11(14)8-15(16)17/h1-4H,5-8H2. The lowest BCUT2D eigenvalue weighted by molar-refractivity contribution is -0.464. The van der Waals surface area contributed by atoms with Crippen molar-refractivity contribution in [3.05, 3.63) is 45.8 Å². The summed E-state index contributed by atoms with van der Waals surface area (Å²) in [6.45, 7) is 1.55. The molecule has 1 aromatic rings. The van der Waals surface area contributed by atoms with Gasteiger partial charge in [0.15, 0.2) is 5.84 Å². The van der Waals surface area contributed by atoms with Crippen LogP contribution in [0, 0.1) is 15.9 Å². The molecule has 0 aromatic heterocycles. The van der Waals surface area contributed by atoms with Crippen LogP contribution in [0.5, 0.6) is 0 Å². The summed E-state index contributed by atoms with van der Waals surface area (Å²) in [6, 6.07) is 6.13. The lowest BCUT2D eigenvalue weighted by Crippen LogP contribution is -2.32. The second kappa shape index (κ2) is 4.90. The van der Waals surface area contributed by atoms with Gasteiger partial charge in [0.05, 0.1) is 6.54 Å². The third kappa shape index (κ3) is 2.99. The summed E-state index contributed by atoms with van der Waals surface area (Å²) in [5.74, 6) is 0.216. The molecule has 0 fully saturated rings. The molecule has 0 saturated carbocycles. The quantitative estimate of drug-likeness (QED) is 0.586. The van der Waals surface area contributed by atoms with E-state index in [9.17, 15) is 14.5 Å². The molecule has 1 aromatic carbocycles. The normalized spacial score (nSPS) is 14.9. The molecule has 0 aliphatic carbocycles. The predicted octanol–water partition coefficient (Wildman–Crippen LogP) is 1.32. The molecule has 1 aliphatic heterocycles. The number of hydrogen-bond acceptors (Lipinski definition) is 4. The molecule has 1 aliphatic rings. The molecule has 0 amide bonds. The number of rotatable bonds is 4. The predicted molar refractivity (Wildman–Crippen MR) is 61.0 cm³/mol. The molecule has 0 spiro atoms. The fraction of sp³-hybridized carbons (Fsp3) is 0.364. The smallest absolute Gasteiger partial charge is 0.260 e. The average Bonchev–Trinajstić information content (AvgIpc) is 2.68. The molecule has 5 nitrogen and oxygen atoms in total.